The van der Waals surface area contributed by atoms with E-state index in [2.05, 4.69) is 9.97 Å². The van der Waals surface area contributed by atoms with Crippen LogP contribution >= 0.6 is 0 Å². The van der Waals surface area contributed by atoms with Crippen LogP contribution in [0.2, 0.25) is 0 Å². The maximum atomic E-state index is 9.52. The number of nitrogens with two attached hydrogens (primary N) is 1. The van der Waals surface area contributed by atoms with E-state index in [1.807, 2.05) is 13.8 Å². The monoisotopic (exact) mass is 254 g/mol. The van der Waals surface area contributed by atoms with Crippen LogP contribution in [-0.4, -0.2) is 33.5 Å². The van der Waals surface area contributed by atoms with Crippen LogP contribution in [0.4, 0.5) is 5.82 Å². The Labute approximate surface area is 108 Å². The first-order valence-electron chi connectivity index (χ1n) is 5.83. The second kappa shape index (κ2) is 6.90. The number of ether oxygens (including phenoxy) is 1. The molecule has 0 aliphatic heterocycles. The first-order valence-corrected chi connectivity index (χ1v) is 5.83. The van der Waals surface area contributed by atoms with Gasteiger partial charge in [0, 0.05) is 6.21 Å². The number of aryl methyl sites for hydroxylation is 1. The fourth-order valence-electron chi connectivity index (χ4n) is 1.07. The molecule has 0 aromatic carbocycles. The standard InChI is InChI=1S/C10H16N4O2.C2H6/c1-6-13-8(12)7(4-11)9(14-6)16-5-10(2,3)15;1-2/h4,11,15H,5H2,1-3H3,(H2,12,13,14);1-2H3. The molecule has 0 saturated heterocycles. The van der Waals surface area contributed by atoms with E-state index in [0.717, 1.165) is 6.21 Å². The summed E-state index contributed by atoms with van der Waals surface area (Å²) in [6, 6.07) is 0. The summed E-state index contributed by atoms with van der Waals surface area (Å²) in [4.78, 5) is 7.95. The summed E-state index contributed by atoms with van der Waals surface area (Å²) in [5.41, 5.74) is 4.99. The molecule has 0 radical (unpaired) electrons. The number of nitrogen functional groups attached to an aromatic ring is 1. The number of hydrogen-bond donors (Lipinski definition) is 3. The minimum Gasteiger partial charge on any atom is -0.474 e. The van der Waals surface area contributed by atoms with E-state index in [1.165, 1.54) is 0 Å². The van der Waals surface area contributed by atoms with E-state index in [4.69, 9.17) is 15.9 Å². The average Bonchev–Trinajstić information content (AvgIpc) is 2.27. The van der Waals surface area contributed by atoms with Crippen LogP contribution in [0.25, 0.3) is 0 Å². The summed E-state index contributed by atoms with van der Waals surface area (Å²) < 4.78 is 5.32. The van der Waals surface area contributed by atoms with Gasteiger partial charge in [-0.25, -0.2) is 4.98 Å². The van der Waals surface area contributed by atoms with Crippen molar-refractivity contribution in [3.05, 3.63) is 11.4 Å². The van der Waals surface area contributed by atoms with E-state index >= 15 is 0 Å². The van der Waals surface area contributed by atoms with Crippen molar-refractivity contribution in [2.45, 2.75) is 40.2 Å². The zero-order valence-electron chi connectivity index (χ0n) is 11.6. The maximum Gasteiger partial charge on any atom is 0.227 e. The summed E-state index contributed by atoms with van der Waals surface area (Å²) in [6.07, 6.45) is 1.04. The molecule has 0 fully saturated rings. The number of aliphatic hydroxyl groups is 1. The fraction of sp³-hybridized carbons (Fsp3) is 0.583. The Morgan fingerprint density at radius 3 is 2.39 bits per heavy atom. The quantitative estimate of drug-likeness (QED) is 0.707. The van der Waals surface area contributed by atoms with Crippen molar-refractivity contribution >= 4 is 12.0 Å². The highest BCUT2D eigenvalue weighted by atomic mass is 16.5. The van der Waals surface area contributed by atoms with E-state index < -0.39 is 5.60 Å². The minimum absolute atomic E-state index is 0.0731. The molecule has 1 aromatic heterocycles. The highest BCUT2D eigenvalue weighted by Gasteiger charge is 2.16. The SMILES string of the molecule is CC.Cc1nc(N)c(C=N)c(OCC(C)(C)O)n1. The van der Waals surface area contributed by atoms with Crippen molar-refractivity contribution in [2.75, 3.05) is 12.3 Å². The Kier molecular flexibility index (Phi) is 6.26. The van der Waals surface area contributed by atoms with Gasteiger partial charge in [0.05, 0.1) is 11.2 Å². The van der Waals surface area contributed by atoms with Gasteiger partial charge in [-0.15, -0.1) is 0 Å². The molecule has 0 spiro atoms. The lowest BCUT2D eigenvalue weighted by molar-refractivity contribution is 0.0267. The molecule has 0 unspecified atom stereocenters. The first-order chi connectivity index (χ1) is 8.33. The number of hydrogen-bond acceptors (Lipinski definition) is 6. The summed E-state index contributed by atoms with van der Waals surface area (Å²) in [5.74, 6) is 0.893. The summed E-state index contributed by atoms with van der Waals surface area (Å²) >= 11 is 0. The summed E-state index contributed by atoms with van der Waals surface area (Å²) in [5, 5.41) is 16.7. The van der Waals surface area contributed by atoms with Crippen molar-refractivity contribution < 1.29 is 9.84 Å². The van der Waals surface area contributed by atoms with E-state index in [0.29, 0.717) is 11.4 Å². The second-order valence-corrected chi connectivity index (χ2v) is 4.12. The minimum atomic E-state index is -0.965. The van der Waals surface area contributed by atoms with Crippen LogP contribution in [-0.2, 0) is 0 Å². The molecule has 1 aromatic rings. The lowest BCUT2D eigenvalue weighted by Crippen LogP contribution is -2.28. The predicted octanol–water partition coefficient (Wildman–Crippen LogP) is 1.54. The zero-order chi connectivity index (χ0) is 14.3. The van der Waals surface area contributed by atoms with Crippen LogP contribution in [0.15, 0.2) is 0 Å². The number of anilines is 1. The number of aromatic nitrogens is 2. The van der Waals surface area contributed by atoms with Gasteiger partial charge in [-0.05, 0) is 20.8 Å². The van der Waals surface area contributed by atoms with Crippen LogP contribution in [0.1, 0.15) is 39.1 Å². The maximum absolute atomic E-state index is 9.52. The normalized spacial score (nSPS) is 10.3. The molecule has 102 valence electrons. The Morgan fingerprint density at radius 2 is 1.94 bits per heavy atom. The molecule has 0 aliphatic rings. The van der Waals surface area contributed by atoms with Crippen molar-refractivity contribution in [1.82, 2.24) is 9.97 Å². The molecule has 6 nitrogen and oxygen atoms in total. The van der Waals surface area contributed by atoms with Crippen LogP contribution < -0.4 is 10.5 Å². The molecule has 0 bridgehead atoms. The lowest BCUT2D eigenvalue weighted by atomic mass is 10.2. The van der Waals surface area contributed by atoms with Gasteiger partial charge in [0.25, 0.3) is 0 Å². The highest BCUT2D eigenvalue weighted by Crippen LogP contribution is 2.19. The van der Waals surface area contributed by atoms with Crippen LogP contribution in [0.3, 0.4) is 0 Å². The Morgan fingerprint density at radius 1 is 1.39 bits per heavy atom. The van der Waals surface area contributed by atoms with Crippen molar-refractivity contribution in [2.24, 2.45) is 0 Å². The molecular formula is C12H22N4O2. The van der Waals surface area contributed by atoms with Gasteiger partial charge in [0.2, 0.25) is 5.88 Å². The Balaban J connectivity index is 0.00000137. The molecule has 0 atom stereocenters. The summed E-state index contributed by atoms with van der Waals surface area (Å²) in [6.45, 7) is 8.99. The van der Waals surface area contributed by atoms with Crippen molar-refractivity contribution in [3.63, 3.8) is 0 Å². The molecule has 18 heavy (non-hydrogen) atoms. The van der Waals surface area contributed by atoms with E-state index in [9.17, 15) is 5.11 Å². The molecule has 0 aliphatic carbocycles. The molecule has 1 heterocycles. The number of nitrogens with zero attached hydrogens (tertiary/aromatic N) is 2. The zero-order valence-corrected chi connectivity index (χ0v) is 11.6. The van der Waals surface area contributed by atoms with Gasteiger partial charge < -0.3 is 21.0 Å². The summed E-state index contributed by atoms with van der Waals surface area (Å²) in [7, 11) is 0. The lowest BCUT2D eigenvalue weighted by Gasteiger charge is -2.18. The number of rotatable bonds is 4. The topological polar surface area (TPSA) is 105 Å². The van der Waals surface area contributed by atoms with Gasteiger partial charge in [-0.3, -0.25) is 0 Å². The molecular weight excluding hydrogens is 232 g/mol. The first kappa shape index (κ1) is 16.3. The average molecular weight is 254 g/mol. The van der Waals surface area contributed by atoms with Gasteiger partial charge in [0.1, 0.15) is 18.2 Å². The van der Waals surface area contributed by atoms with Gasteiger partial charge in [-0.2, -0.15) is 4.98 Å². The highest BCUT2D eigenvalue weighted by molar-refractivity contribution is 5.86. The van der Waals surface area contributed by atoms with Gasteiger partial charge in [0.15, 0.2) is 0 Å². The van der Waals surface area contributed by atoms with E-state index in [1.54, 1.807) is 20.8 Å². The Hall–Kier alpha value is -1.69. The molecule has 0 amide bonds. The van der Waals surface area contributed by atoms with Crippen LogP contribution in [0.5, 0.6) is 5.88 Å². The molecule has 4 N–H and O–H groups in total. The van der Waals surface area contributed by atoms with E-state index in [-0.39, 0.29) is 18.3 Å². The Bertz CT molecular complexity index is 400. The van der Waals surface area contributed by atoms with Crippen molar-refractivity contribution in [1.29, 1.82) is 5.41 Å². The largest absolute Gasteiger partial charge is 0.474 e. The smallest absolute Gasteiger partial charge is 0.227 e. The van der Waals surface area contributed by atoms with Gasteiger partial charge >= 0.3 is 0 Å². The molecule has 6 heteroatoms. The van der Waals surface area contributed by atoms with Gasteiger partial charge in [-0.1, -0.05) is 13.8 Å². The fourth-order valence-corrected chi connectivity index (χ4v) is 1.07. The number of nitrogens with one attached hydrogen (secondary N) is 1. The van der Waals surface area contributed by atoms with Crippen molar-refractivity contribution in [3.8, 4) is 5.88 Å². The third-order valence-electron chi connectivity index (χ3n) is 1.76. The second-order valence-electron chi connectivity index (χ2n) is 4.12. The van der Waals surface area contributed by atoms with Crippen LogP contribution in [0, 0.1) is 12.3 Å². The third-order valence-corrected chi connectivity index (χ3v) is 1.76. The molecule has 0 saturated carbocycles. The predicted molar refractivity (Wildman–Crippen MR) is 72.2 cm³/mol. The third kappa shape index (κ3) is 5.09. The molecule has 1 rings (SSSR count).